The van der Waals surface area contributed by atoms with Crippen LogP contribution in [0, 0.1) is 5.41 Å². The molecule has 0 unspecified atom stereocenters. The fraction of sp³-hybridized carbons (Fsp3) is 0.895. The van der Waals surface area contributed by atoms with E-state index >= 15 is 0 Å². The van der Waals surface area contributed by atoms with Gasteiger partial charge in [-0.2, -0.15) is 0 Å². The summed E-state index contributed by atoms with van der Waals surface area (Å²) >= 11 is 0. The molecule has 0 aliphatic heterocycles. The number of rotatable bonds is 16. The van der Waals surface area contributed by atoms with Crippen LogP contribution < -0.4 is 0 Å². The zero-order chi connectivity index (χ0) is 17.6. The summed E-state index contributed by atoms with van der Waals surface area (Å²) in [6.07, 6.45) is 13.6. The van der Waals surface area contributed by atoms with Gasteiger partial charge < -0.3 is 10.2 Å². The number of hydrogen-bond donors (Lipinski definition) is 2. The van der Waals surface area contributed by atoms with Crippen LogP contribution in [-0.2, 0) is 9.59 Å². The monoisotopic (exact) mass is 370 g/mol. The number of hydrogen-bond acceptors (Lipinski definition) is 2. The van der Waals surface area contributed by atoms with E-state index in [0.717, 1.165) is 19.3 Å². The summed E-state index contributed by atoms with van der Waals surface area (Å²) in [5.74, 6) is -2.34. The van der Waals surface area contributed by atoms with Crippen molar-refractivity contribution in [3.8, 4) is 0 Å². The van der Waals surface area contributed by atoms with E-state index in [2.05, 4.69) is 6.92 Å². The first kappa shape index (κ1) is 26.4. The van der Waals surface area contributed by atoms with Crippen LogP contribution in [0.15, 0.2) is 0 Å². The SMILES string of the molecule is CCCCCCCCCCCCC(CCCC)(C(=O)O)C(=O)O.[CaH2]. The molecule has 0 amide bonds. The van der Waals surface area contributed by atoms with Gasteiger partial charge in [-0.15, -0.1) is 0 Å². The van der Waals surface area contributed by atoms with Crippen molar-refractivity contribution in [3.63, 3.8) is 0 Å². The molecule has 2 N–H and O–H groups in total. The summed E-state index contributed by atoms with van der Waals surface area (Å²) in [6, 6.07) is 0. The molecule has 0 bridgehead atoms. The standard InChI is InChI=1S/C19H36O4.Ca.2H/c1-3-5-7-8-9-10-11-12-13-14-16-19(17(20)21,18(22)23)15-6-4-2;;;/h3-16H2,1-2H3,(H,20,21)(H,22,23);;;. The van der Waals surface area contributed by atoms with Crippen LogP contribution in [0.1, 0.15) is 104 Å². The van der Waals surface area contributed by atoms with Crippen LogP contribution in [0.5, 0.6) is 0 Å². The number of carboxylic acids is 2. The van der Waals surface area contributed by atoms with Crippen LogP contribution >= 0.6 is 0 Å². The van der Waals surface area contributed by atoms with Crippen LogP contribution in [0.25, 0.3) is 0 Å². The van der Waals surface area contributed by atoms with Gasteiger partial charge in [-0.1, -0.05) is 90.9 Å². The number of aliphatic carboxylic acids is 2. The third kappa shape index (κ3) is 10.9. The first-order valence-corrected chi connectivity index (χ1v) is 9.48. The Labute approximate surface area is 177 Å². The van der Waals surface area contributed by atoms with E-state index in [1.54, 1.807) is 0 Å². The number of unbranched alkanes of at least 4 members (excludes halogenated alkanes) is 10. The second-order valence-electron chi connectivity index (χ2n) is 6.73. The summed E-state index contributed by atoms with van der Waals surface area (Å²) in [5.41, 5.74) is -1.57. The minimum atomic E-state index is -1.57. The molecular formula is C19H38CaO4. The minimum absolute atomic E-state index is 0. The molecule has 0 aliphatic carbocycles. The summed E-state index contributed by atoms with van der Waals surface area (Å²) in [4.78, 5) is 23.0. The predicted octanol–water partition coefficient (Wildman–Crippen LogP) is 4.73. The van der Waals surface area contributed by atoms with Crippen molar-refractivity contribution in [2.75, 3.05) is 0 Å². The Hall–Kier alpha value is 0.200. The third-order valence-corrected chi connectivity index (χ3v) is 4.73. The molecule has 0 saturated carbocycles. The topological polar surface area (TPSA) is 74.6 Å². The molecule has 0 rings (SSSR count). The maximum atomic E-state index is 11.5. The summed E-state index contributed by atoms with van der Waals surface area (Å²) in [5, 5.41) is 18.8. The third-order valence-electron chi connectivity index (χ3n) is 4.73. The van der Waals surface area contributed by atoms with Crippen LogP contribution in [0.2, 0.25) is 0 Å². The van der Waals surface area contributed by atoms with Gasteiger partial charge in [0.15, 0.2) is 5.41 Å². The average Bonchev–Trinajstić information content (AvgIpc) is 2.51. The Morgan fingerprint density at radius 1 is 0.625 bits per heavy atom. The van der Waals surface area contributed by atoms with Gasteiger partial charge in [0.2, 0.25) is 0 Å². The quantitative estimate of drug-likeness (QED) is 0.234. The molecule has 0 spiro atoms. The van der Waals surface area contributed by atoms with Crippen molar-refractivity contribution in [1.29, 1.82) is 0 Å². The summed E-state index contributed by atoms with van der Waals surface area (Å²) in [7, 11) is 0. The van der Waals surface area contributed by atoms with Crippen molar-refractivity contribution in [2.45, 2.75) is 104 Å². The molecule has 0 aromatic carbocycles. The van der Waals surface area contributed by atoms with E-state index < -0.39 is 17.4 Å². The van der Waals surface area contributed by atoms with E-state index in [1.165, 1.54) is 44.9 Å². The number of carboxylic acid groups (broad SMARTS) is 2. The van der Waals surface area contributed by atoms with Gasteiger partial charge in [0.1, 0.15) is 0 Å². The van der Waals surface area contributed by atoms with Gasteiger partial charge >= 0.3 is 49.7 Å². The van der Waals surface area contributed by atoms with Crippen molar-refractivity contribution in [1.82, 2.24) is 0 Å². The second kappa shape index (κ2) is 16.7. The van der Waals surface area contributed by atoms with E-state index in [-0.39, 0.29) is 50.6 Å². The predicted molar refractivity (Wildman–Crippen MR) is 102 cm³/mol. The normalized spacial score (nSPS) is 11.1. The molecule has 0 aromatic rings. The van der Waals surface area contributed by atoms with Gasteiger partial charge in [0.25, 0.3) is 0 Å². The molecule has 0 heterocycles. The van der Waals surface area contributed by atoms with Crippen LogP contribution in [0.3, 0.4) is 0 Å². The van der Waals surface area contributed by atoms with Gasteiger partial charge in [-0.05, 0) is 12.8 Å². The molecule has 4 nitrogen and oxygen atoms in total. The molecular weight excluding hydrogens is 332 g/mol. The van der Waals surface area contributed by atoms with Crippen LogP contribution in [0.4, 0.5) is 0 Å². The Morgan fingerprint density at radius 3 is 1.33 bits per heavy atom. The molecule has 0 fully saturated rings. The Morgan fingerprint density at radius 2 is 0.958 bits per heavy atom. The average molecular weight is 371 g/mol. The molecule has 0 radical (unpaired) electrons. The van der Waals surface area contributed by atoms with E-state index in [9.17, 15) is 19.8 Å². The molecule has 140 valence electrons. The first-order valence-electron chi connectivity index (χ1n) is 9.48. The second-order valence-corrected chi connectivity index (χ2v) is 6.73. The van der Waals surface area contributed by atoms with Gasteiger partial charge in [0, 0.05) is 0 Å². The van der Waals surface area contributed by atoms with E-state index in [0.29, 0.717) is 12.8 Å². The zero-order valence-electron chi connectivity index (χ0n) is 15.1. The Kier molecular flexibility index (Phi) is 18.3. The zero-order valence-corrected chi connectivity index (χ0v) is 15.1. The van der Waals surface area contributed by atoms with Gasteiger partial charge in [-0.3, -0.25) is 9.59 Å². The molecule has 5 heteroatoms. The van der Waals surface area contributed by atoms with Crippen molar-refractivity contribution < 1.29 is 19.8 Å². The van der Waals surface area contributed by atoms with Crippen LogP contribution in [-0.4, -0.2) is 59.9 Å². The summed E-state index contributed by atoms with van der Waals surface area (Å²) < 4.78 is 0. The van der Waals surface area contributed by atoms with Gasteiger partial charge in [0.05, 0.1) is 0 Å². The fourth-order valence-corrected chi connectivity index (χ4v) is 3.04. The van der Waals surface area contributed by atoms with E-state index in [1.807, 2.05) is 6.92 Å². The van der Waals surface area contributed by atoms with Crippen molar-refractivity contribution in [3.05, 3.63) is 0 Å². The molecule has 0 aromatic heterocycles. The molecule has 0 saturated heterocycles. The fourth-order valence-electron chi connectivity index (χ4n) is 3.04. The van der Waals surface area contributed by atoms with Crippen molar-refractivity contribution >= 4 is 49.7 Å². The first-order chi connectivity index (χ1) is 11.0. The van der Waals surface area contributed by atoms with Gasteiger partial charge in [-0.25, -0.2) is 0 Å². The maximum absolute atomic E-state index is 11.5. The molecule has 0 atom stereocenters. The Balaban J connectivity index is 0. The summed E-state index contributed by atoms with van der Waals surface area (Å²) in [6.45, 7) is 4.17. The molecule has 0 aliphatic rings. The van der Waals surface area contributed by atoms with E-state index in [4.69, 9.17) is 0 Å². The molecule has 24 heavy (non-hydrogen) atoms. The number of carbonyl (C=O) groups is 2. The Bertz CT molecular complexity index is 317. The van der Waals surface area contributed by atoms with Crippen molar-refractivity contribution in [2.24, 2.45) is 5.41 Å².